The molecule has 1 aliphatic heterocycles. The monoisotopic (exact) mass is 216 g/mol. The Morgan fingerprint density at radius 1 is 1.00 bits per heavy atom. The molecule has 0 aliphatic carbocycles. The lowest BCUT2D eigenvalue weighted by Crippen LogP contribution is -2.31. The van der Waals surface area contributed by atoms with Gasteiger partial charge in [-0.2, -0.15) is 0 Å². The summed E-state index contributed by atoms with van der Waals surface area (Å²) in [5.74, 6) is 0. The molecular weight excluding hydrogens is 196 g/mol. The summed E-state index contributed by atoms with van der Waals surface area (Å²) in [7, 11) is 0. The molecule has 0 spiro atoms. The van der Waals surface area contributed by atoms with E-state index in [1.807, 2.05) is 0 Å². The molecule has 1 aliphatic rings. The van der Waals surface area contributed by atoms with Crippen LogP contribution in [0.3, 0.4) is 0 Å². The number of nitrogens with zero attached hydrogens (tertiary/aromatic N) is 2. The second kappa shape index (κ2) is 5.06. The smallest absolute Gasteiger partial charge is 0.127 e. The van der Waals surface area contributed by atoms with E-state index < -0.39 is 0 Å². The highest BCUT2D eigenvalue weighted by molar-refractivity contribution is 5.21. The Hall–Kier alpha value is -1.44. The zero-order valence-corrected chi connectivity index (χ0v) is 10.1. The second-order valence-electron chi connectivity index (χ2n) is 4.15. The van der Waals surface area contributed by atoms with Crippen LogP contribution in [0.4, 0.5) is 0 Å². The van der Waals surface area contributed by atoms with E-state index in [1.165, 1.54) is 12.0 Å². The van der Waals surface area contributed by atoms with E-state index in [-0.39, 0.29) is 0 Å². The van der Waals surface area contributed by atoms with Gasteiger partial charge in [0.15, 0.2) is 0 Å². The molecule has 1 atom stereocenters. The molecule has 0 fully saturated rings. The SMILES string of the molecule is CCCN1C=CN(CC)C1c1ccccc1. The number of benzene rings is 1. The first-order valence-electron chi connectivity index (χ1n) is 6.11. The zero-order chi connectivity index (χ0) is 11.4. The summed E-state index contributed by atoms with van der Waals surface area (Å²) in [6.07, 6.45) is 6.00. The maximum absolute atomic E-state index is 2.42. The Morgan fingerprint density at radius 3 is 2.31 bits per heavy atom. The van der Waals surface area contributed by atoms with Crippen LogP contribution >= 0.6 is 0 Å². The first-order valence-corrected chi connectivity index (χ1v) is 6.11. The predicted molar refractivity (Wildman–Crippen MR) is 67.7 cm³/mol. The van der Waals surface area contributed by atoms with Gasteiger partial charge in [0, 0.05) is 25.5 Å². The van der Waals surface area contributed by atoms with Crippen LogP contribution in [-0.2, 0) is 0 Å². The van der Waals surface area contributed by atoms with E-state index >= 15 is 0 Å². The molecule has 0 N–H and O–H groups in total. The van der Waals surface area contributed by atoms with Crippen molar-refractivity contribution in [3.63, 3.8) is 0 Å². The van der Waals surface area contributed by atoms with Crippen LogP contribution in [0.15, 0.2) is 42.7 Å². The van der Waals surface area contributed by atoms with Gasteiger partial charge in [-0.1, -0.05) is 37.3 Å². The lowest BCUT2D eigenvalue weighted by atomic mass is 10.1. The summed E-state index contributed by atoms with van der Waals surface area (Å²) in [4.78, 5) is 4.80. The average molecular weight is 216 g/mol. The molecule has 2 heteroatoms. The van der Waals surface area contributed by atoms with Gasteiger partial charge in [-0.15, -0.1) is 0 Å². The standard InChI is InChI=1S/C14H20N2/c1-3-10-16-12-11-15(4-2)14(16)13-8-6-5-7-9-13/h5-9,11-12,14H,3-4,10H2,1-2H3. The Labute approximate surface area is 98.2 Å². The molecule has 1 aromatic carbocycles. The first-order chi connectivity index (χ1) is 7.86. The molecule has 0 amide bonds. The maximum Gasteiger partial charge on any atom is 0.127 e. The van der Waals surface area contributed by atoms with Crippen molar-refractivity contribution >= 4 is 0 Å². The lowest BCUT2D eigenvalue weighted by molar-refractivity contribution is 0.160. The van der Waals surface area contributed by atoms with Gasteiger partial charge in [0.2, 0.25) is 0 Å². The number of rotatable bonds is 4. The molecule has 0 saturated carbocycles. The summed E-state index contributed by atoms with van der Waals surface area (Å²) in [6.45, 7) is 6.60. The Bertz CT molecular complexity index is 345. The van der Waals surface area contributed by atoms with Crippen LogP contribution < -0.4 is 0 Å². The molecule has 1 unspecified atom stereocenters. The van der Waals surface area contributed by atoms with Crippen molar-refractivity contribution in [1.29, 1.82) is 0 Å². The Kier molecular flexibility index (Phi) is 3.50. The zero-order valence-electron chi connectivity index (χ0n) is 10.1. The summed E-state index contributed by atoms with van der Waals surface area (Å²) >= 11 is 0. The van der Waals surface area contributed by atoms with Crippen LogP contribution in [0.1, 0.15) is 32.0 Å². The molecule has 1 aromatic rings. The average Bonchev–Trinajstić information content (AvgIpc) is 2.74. The van der Waals surface area contributed by atoms with Gasteiger partial charge < -0.3 is 9.80 Å². The van der Waals surface area contributed by atoms with Crippen LogP contribution in [-0.4, -0.2) is 22.9 Å². The van der Waals surface area contributed by atoms with Gasteiger partial charge in [-0.3, -0.25) is 0 Å². The van der Waals surface area contributed by atoms with Crippen molar-refractivity contribution in [3.8, 4) is 0 Å². The van der Waals surface area contributed by atoms with E-state index in [0.717, 1.165) is 13.1 Å². The van der Waals surface area contributed by atoms with Gasteiger partial charge in [0.05, 0.1) is 0 Å². The molecular formula is C14H20N2. The summed E-state index contributed by atoms with van der Waals surface area (Å²) in [5, 5.41) is 0. The van der Waals surface area contributed by atoms with Gasteiger partial charge in [0.25, 0.3) is 0 Å². The summed E-state index contributed by atoms with van der Waals surface area (Å²) in [6, 6.07) is 10.7. The van der Waals surface area contributed by atoms with E-state index in [0.29, 0.717) is 6.17 Å². The molecule has 2 rings (SSSR count). The number of hydrogen-bond donors (Lipinski definition) is 0. The van der Waals surface area contributed by atoms with Gasteiger partial charge in [0.1, 0.15) is 6.17 Å². The third-order valence-electron chi connectivity index (χ3n) is 3.02. The third kappa shape index (κ3) is 2.06. The molecule has 86 valence electrons. The molecule has 2 nitrogen and oxygen atoms in total. The van der Waals surface area contributed by atoms with Crippen molar-refractivity contribution in [2.45, 2.75) is 26.4 Å². The van der Waals surface area contributed by atoms with Gasteiger partial charge in [-0.25, -0.2) is 0 Å². The van der Waals surface area contributed by atoms with Crippen molar-refractivity contribution in [3.05, 3.63) is 48.3 Å². The van der Waals surface area contributed by atoms with E-state index in [2.05, 4.69) is 66.4 Å². The predicted octanol–water partition coefficient (Wildman–Crippen LogP) is 3.20. The third-order valence-corrected chi connectivity index (χ3v) is 3.02. The van der Waals surface area contributed by atoms with Crippen LogP contribution in [0, 0.1) is 0 Å². The largest absolute Gasteiger partial charge is 0.353 e. The Morgan fingerprint density at radius 2 is 1.69 bits per heavy atom. The minimum atomic E-state index is 0.395. The topological polar surface area (TPSA) is 6.48 Å². The molecule has 1 heterocycles. The van der Waals surface area contributed by atoms with Crippen LogP contribution in [0.2, 0.25) is 0 Å². The van der Waals surface area contributed by atoms with E-state index in [4.69, 9.17) is 0 Å². The van der Waals surface area contributed by atoms with Crippen molar-refractivity contribution in [1.82, 2.24) is 9.80 Å². The van der Waals surface area contributed by atoms with Gasteiger partial charge in [-0.05, 0) is 18.9 Å². The van der Waals surface area contributed by atoms with E-state index in [1.54, 1.807) is 0 Å². The molecule has 0 saturated heterocycles. The fourth-order valence-electron chi connectivity index (χ4n) is 2.27. The quantitative estimate of drug-likeness (QED) is 0.762. The Balaban J connectivity index is 2.21. The lowest BCUT2D eigenvalue weighted by Gasteiger charge is -2.32. The van der Waals surface area contributed by atoms with Crippen molar-refractivity contribution in [2.75, 3.05) is 13.1 Å². The number of hydrogen-bond acceptors (Lipinski definition) is 2. The summed E-state index contributed by atoms with van der Waals surface area (Å²) in [5.41, 5.74) is 1.38. The normalized spacial score (nSPS) is 19.5. The van der Waals surface area contributed by atoms with Crippen molar-refractivity contribution < 1.29 is 0 Å². The molecule has 0 radical (unpaired) electrons. The fraction of sp³-hybridized carbons (Fsp3) is 0.429. The van der Waals surface area contributed by atoms with Gasteiger partial charge >= 0.3 is 0 Å². The fourth-order valence-corrected chi connectivity index (χ4v) is 2.27. The maximum atomic E-state index is 2.42. The highest BCUT2D eigenvalue weighted by atomic mass is 15.4. The minimum absolute atomic E-state index is 0.395. The highest BCUT2D eigenvalue weighted by Crippen LogP contribution is 2.30. The summed E-state index contributed by atoms with van der Waals surface area (Å²) < 4.78 is 0. The minimum Gasteiger partial charge on any atom is -0.353 e. The van der Waals surface area contributed by atoms with Crippen LogP contribution in [0.25, 0.3) is 0 Å². The van der Waals surface area contributed by atoms with Crippen LogP contribution in [0.5, 0.6) is 0 Å². The second-order valence-corrected chi connectivity index (χ2v) is 4.15. The molecule has 16 heavy (non-hydrogen) atoms. The molecule has 0 bridgehead atoms. The highest BCUT2D eigenvalue weighted by Gasteiger charge is 2.25. The van der Waals surface area contributed by atoms with E-state index in [9.17, 15) is 0 Å². The first kappa shape index (κ1) is 11.1. The van der Waals surface area contributed by atoms with Crippen molar-refractivity contribution in [2.24, 2.45) is 0 Å². The molecule has 0 aromatic heterocycles.